The molecule has 2 aromatic heterocycles. The first-order chi connectivity index (χ1) is 30.4. The van der Waals surface area contributed by atoms with Gasteiger partial charge in [0.05, 0.1) is 15.8 Å². The highest BCUT2D eigenvalue weighted by Gasteiger charge is 2.47. The molecule has 4 aromatic rings. The highest BCUT2D eigenvalue weighted by Crippen LogP contribution is 2.54. The van der Waals surface area contributed by atoms with Crippen molar-refractivity contribution in [3.8, 4) is 0 Å². The summed E-state index contributed by atoms with van der Waals surface area (Å²) in [4.78, 5) is 65.1. The molecular weight excluding hydrogens is 850 g/mol. The lowest BCUT2D eigenvalue weighted by Crippen LogP contribution is -2.53. The molecule has 3 saturated heterocycles. The number of nitrogens with one attached hydrogen (secondary N) is 3. The largest absolute Gasteiger partial charge is 0.433 e. The van der Waals surface area contributed by atoms with E-state index in [-0.39, 0.29) is 30.1 Å². The number of benzene rings is 2. The number of nitrogens with zero attached hydrogens (tertiary/aromatic N) is 5. The van der Waals surface area contributed by atoms with Crippen LogP contribution in [0.5, 0.6) is 0 Å². The quantitative estimate of drug-likeness (QED) is 0.102. The number of likely N-dealkylation sites (tertiary alicyclic amines) is 1. The first-order valence-electron chi connectivity index (χ1n) is 22.2. The van der Waals surface area contributed by atoms with Crippen LogP contribution in [0.1, 0.15) is 116 Å². The van der Waals surface area contributed by atoms with Crippen LogP contribution in [0.4, 0.5) is 29.7 Å². The number of halogens is 3. The number of fused-ring (bicyclic) bond motifs is 2. The fourth-order valence-corrected chi connectivity index (χ4v) is 11.6. The first-order valence-corrected chi connectivity index (χ1v) is 23.0. The van der Waals surface area contributed by atoms with Gasteiger partial charge < -0.3 is 30.6 Å². The molecular formula is C46H53F3N8O6S. The number of carbonyl (C=O) groups excluding carboxylic acids is 4. The van der Waals surface area contributed by atoms with Gasteiger partial charge in [-0.15, -0.1) is 0 Å². The van der Waals surface area contributed by atoms with Gasteiger partial charge in [0, 0.05) is 60.7 Å². The molecule has 14 nitrogen and oxygen atoms in total. The maximum Gasteiger partial charge on any atom is 0.433 e. The van der Waals surface area contributed by atoms with E-state index >= 15 is 0 Å². The Kier molecular flexibility index (Phi) is 11.7. The molecule has 5 N–H and O–H groups in total. The first kappa shape index (κ1) is 44.1. The Labute approximate surface area is 372 Å². The van der Waals surface area contributed by atoms with E-state index in [0.29, 0.717) is 51.7 Å². The number of carbonyl (C=O) groups is 4. The Morgan fingerprint density at radius 2 is 1.69 bits per heavy atom. The molecule has 2 atom stereocenters. The van der Waals surface area contributed by atoms with Crippen molar-refractivity contribution in [3.05, 3.63) is 76.6 Å². The zero-order valence-corrected chi connectivity index (χ0v) is 36.7. The van der Waals surface area contributed by atoms with Gasteiger partial charge in [0.25, 0.3) is 11.8 Å². The van der Waals surface area contributed by atoms with E-state index < -0.39 is 47.5 Å². The second-order valence-corrected chi connectivity index (χ2v) is 19.8. The van der Waals surface area contributed by atoms with E-state index in [1.807, 2.05) is 6.07 Å². The van der Waals surface area contributed by atoms with E-state index in [1.165, 1.54) is 48.0 Å². The number of aliphatic hydroxyl groups excluding tert-OH is 1. The fraction of sp³-hybridized carbons (Fsp3) is 0.522. The van der Waals surface area contributed by atoms with E-state index in [0.717, 1.165) is 74.0 Å². The van der Waals surface area contributed by atoms with Crippen molar-refractivity contribution in [2.45, 2.75) is 95.7 Å². The lowest BCUT2D eigenvalue weighted by molar-refractivity contribution is -0.141. The number of aliphatic hydroxyl groups is 2. The van der Waals surface area contributed by atoms with Gasteiger partial charge in [0.1, 0.15) is 17.4 Å². The Morgan fingerprint density at radius 1 is 0.953 bits per heavy atom. The number of amides is 4. The molecule has 1 saturated carbocycles. The Morgan fingerprint density at radius 3 is 2.39 bits per heavy atom. The Balaban J connectivity index is 0.730. The van der Waals surface area contributed by atoms with E-state index in [2.05, 4.69) is 30.7 Å². The van der Waals surface area contributed by atoms with Crippen LogP contribution in [0.25, 0.3) is 10.2 Å². The SMILES string of the molecule is CC(C)(O)c1cc2nc(N3CCC(CN4CCC5(CC4)CC(CCNc4cccc6c4C(O)N(C4CCC(=O)NC4=O)C6=O)C5)CC3)sc2cc1NC(=O)c1cccc(C(F)(F)F)n1. The Hall–Kier alpha value is -5.17. The van der Waals surface area contributed by atoms with Crippen molar-refractivity contribution >= 4 is 61.7 Å². The lowest BCUT2D eigenvalue weighted by Gasteiger charge is -2.53. The summed E-state index contributed by atoms with van der Waals surface area (Å²) in [6, 6.07) is 11.0. The summed E-state index contributed by atoms with van der Waals surface area (Å²) in [6.07, 6.45) is 2.22. The maximum atomic E-state index is 13.3. The third kappa shape index (κ3) is 8.81. The van der Waals surface area contributed by atoms with Crippen molar-refractivity contribution in [2.75, 3.05) is 54.8 Å². The van der Waals surface area contributed by atoms with E-state index in [1.54, 1.807) is 38.1 Å². The molecule has 6 heterocycles. The number of pyridine rings is 1. The van der Waals surface area contributed by atoms with Crippen LogP contribution in [-0.4, -0.2) is 98.9 Å². The topological polar surface area (TPSA) is 180 Å². The second-order valence-electron chi connectivity index (χ2n) is 18.8. The average Bonchev–Trinajstić information content (AvgIpc) is 3.77. The smallest absolute Gasteiger partial charge is 0.386 e. The molecule has 0 bridgehead atoms. The minimum atomic E-state index is -4.69. The van der Waals surface area contributed by atoms with Gasteiger partial charge in [-0.1, -0.05) is 23.5 Å². The molecule has 9 rings (SSSR count). The van der Waals surface area contributed by atoms with Gasteiger partial charge in [0.15, 0.2) is 11.4 Å². The molecule has 4 fully saturated rings. The molecule has 1 aliphatic carbocycles. The highest BCUT2D eigenvalue weighted by atomic mass is 32.1. The molecule has 0 radical (unpaired) electrons. The number of thiazole rings is 1. The third-order valence-corrected chi connectivity index (χ3v) is 15.0. The number of alkyl halides is 3. The van der Waals surface area contributed by atoms with Gasteiger partial charge in [-0.3, -0.25) is 29.4 Å². The number of rotatable bonds is 11. The Bertz CT molecular complexity index is 2470. The van der Waals surface area contributed by atoms with Gasteiger partial charge in [0.2, 0.25) is 11.8 Å². The van der Waals surface area contributed by atoms with E-state index in [9.17, 15) is 42.6 Å². The summed E-state index contributed by atoms with van der Waals surface area (Å²) in [5.41, 5.74) is 0.380. The van der Waals surface area contributed by atoms with Crippen molar-refractivity contribution in [1.29, 1.82) is 0 Å². The minimum Gasteiger partial charge on any atom is -0.386 e. The number of piperidine rings is 3. The lowest BCUT2D eigenvalue weighted by atomic mass is 9.57. The zero-order chi connectivity index (χ0) is 45.1. The number of hydrogen-bond donors (Lipinski definition) is 5. The van der Waals surface area contributed by atoms with Gasteiger partial charge in [-0.2, -0.15) is 13.2 Å². The minimum absolute atomic E-state index is 0.119. The molecule has 4 amide bonds. The van der Waals surface area contributed by atoms with Gasteiger partial charge in [-0.25, -0.2) is 9.97 Å². The molecule has 1 spiro atoms. The van der Waals surface area contributed by atoms with Crippen LogP contribution in [0.2, 0.25) is 0 Å². The maximum absolute atomic E-state index is 13.3. The zero-order valence-electron chi connectivity index (χ0n) is 35.8. The van der Waals surface area contributed by atoms with Crippen LogP contribution in [0, 0.1) is 17.3 Å². The van der Waals surface area contributed by atoms with Crippen LogP contribution < -0.4 is 20.9 Å². The fourth-order valence-electron chi connectivity index (χ4n) is 10.5. The van der Waals surface area contributed by atoms with Crippen LogP contribution in [-0.2, 0) is 21.4 Å². The molecule has 18 heteroatoms. The predicted octanol–water partition coefficient (Wildman–Crippen LogP) is 6.65. The van der Waals surface area contributed by atoms with Crippen LogP contribution in [0.3, 0.4) is 0 Å². The molecule has 340 valence electrons. The molecule has 2 aromatic carbocycles. The summed E-state index contributed by atoms with van der Waals surface area (Å²) < 4.78 is 40.6. The van der Waals surface area contributed by atoms with Gasteiger partial charge >= 0.3 is 6.18 Å². The molecule has 2 unspecified atom stereocenters. The summed E-state index contributed by atoms with van der Waals surface area (Å²) in [7, 11) is 0. The summed E-state index contributed by atoms with van der Waals surface area (Å²) >= 11 is 1.48. The van der Waals surface area contributed by atoms with Crippen LogP contribution >= 0.6 is 11.3 Å². The van der Waals surface area contributed by atoms with Crippen molar-refractivity contribution in [2.24, 2.45) is 17.3 Å². The van der Waals surface area contributed by atoms with Crippen molar-refractivity contribution < 1.29 is 42.6 Å². The summed E-state index contributed by atoms with van der Waals surface area (Å²) in [5.74, 6) is -0.958. The molecule has 64 heavy (non-hydrogen) atoms. The normalized spacial score (nSPS) is 22.2. The molecule has 4 aliphatic heterocycles. The standard InChI is InChI=1S/C46H53F3N8O6S/c1-44(2,63)29-21-33-35(22-32(29)52-39(59)31-7-4-8-36(51-31)46(47,48)49)64-43(53-33)56-17-12-26(13-18-56)25-55-19-14-45(15-20-55)23-27(24-45)11-16-50-30-6-3-5-28-38(30)42(62)57(41(28)61)34-9-10-37(58)54-40(34)60/h3-8,21-22,26-27,34,42,50,62-63H,9-20,23-25H2,1-2H3,(H,52,59)(H,54,58,60). The number of hydrogen-bond acceptors (Lipinski definition) is 12. The summed E-state index contributed by atoms with van der Waals surface area (Å²) in [5, 5.41) is 31.5. The average molecular weight is 903 g/mol. The summed E-state index contributed by atoms with van der Waals surface area (Å²) in [6.45, 7) is 8.86. The van der Waals surface area contributed by atoms with Crippen LogP contribution in [0.15, 0.2) is 48.5 Å². The van der Waals surface area contributed by atoms with E-state index in [4.69, 9.17) is 4.98 Å². The number of aromatic nitrogens is 2. The number of imide groups is 1. The van der Waals surface area contributed by atoms with Gasteiger partial charge in [-0.05, 0) is 132 Å². The predicted molar refractivity (Wildman–Crippen MR) is 235 cm³/mol. The monoisotopic (exact) mass is 902 g/mol. The third-order valence-electron chi connectivity index (χ3n) is 14.0. The van der Waals surface area contributed by atoms with Crippen molar-refractivity contribution in [3.63, 3.8) is 0 Å². The number of anilines is 3. The second kappa shape index (κ2) is 17.0. The highest BCUT2D eigenvalue weighted by molar-refractivity contribution is 7.22. The molecule has 5 aliphatic rings. The van der Waals surface area contributed by atoms with Crippen molar-refractivity contribution in [1.82, 2.24) is 25.1 Å².